The van der Waals surface area contributed by atoms with Crippen LogP contribution in [0.15, 0.2) is 34.1 Å². The summed E-state index contributed by atoms with van der Waals surface area (Å²) < 4.78 is 1.12. The molecule has 0 amide bonds. The van der Waals surface area contributed by atoms with E-state index in [0.717, 1.165) is 10.0 Å². The molecule has 0 fully saturated rings. The molecule has 0 heterocycles. The van der Waals surface area contributed by atoms with Crippen LogP contribution < -0.4 is 0 Å². The molecule has 0 aliphatic carbocycles. The van der Waals surface area contributed by atoms with E-state index in [9.17, 15) is 0 Å². The average molecular weight is 243 g/mol. The maximum atomic E-state index is 3.91. The van der Waals surface area contributed by atoms with Gasteiger partial charge >= 0.3 is 0 Å². The first kappa shape index (κ1) is 9.87. The van der Waals surface area contributed by atoms with E-state index in [1.165, 1.54) is 10.5 Å². The minimum Gasteiger partial charge on any atom is -0.130 e. The molecule has 0 spiro atoms. The van der Waals surface area contributed by atoms with E-state index in [2.05, 4.69) is 47.0 Å². The molecule has 0 nitrogen and oxygen atoms in total. The molecule has 0 aliphatic heterocycles. The molecule has 0 atom stereocenters. The van der Waals surface area contributed by atoms with Crippen LogP contribution in [0.5, 0.6) is 0 Å². The minimum atomic E-state index is 1.10. The Labute approximate surface area is 86.2 Å². The van der Waals surface area contributed by atoms with Crippen LogP contribution in [0, 0.1) is 0 Å². The Morgan fingerprint density at radius 2 is 2.08 bits per heavy atom. The molecule has 0 N–H and O–H groups in total. The summed E-state index contributed by atoms with van der Waals surface area (Å²) in [5.41, 5.74) is 2.31. The summed E-state index contributed by atoms with van der Waals surface area (Å²) >= 11 is 5.21. The highest BCUT2D eigenvalue weighted by Gasteiger charge is 1.98. The first-order valence-corrected chi connectivity index (χ1v) is 5.65. The molecule has 0 aliphatic rings. The molecule has 0 aromatic heterocycles. The first-order valence-electron chi connectivity index (χ1n) is 3.64. The Kier molecular flexibility index (Phi) is 3.41. The van der Waals surface area contributed by atoms with Gasteiger partial charge in [-0.25, -0.2) is 0 Å². The minimum absolute atomic E-state index is 1.10. The van der Waals surface area contributed by atoms with Crippen molar-refractivity contribution in [1.29, 1.82) is 0 Å². The summed E-state index contributed by atoms with van der Waals surface area (Å²) in [4.78, 5) is 1.27. The Morgan fingerprint density at radius 1 is 1.42 bits per heavy atom. The van der Waals surface area contributed by atoms with Gasteiger partial charge in [0.15, 0.2) is 0 Å². The van der Waals surface area contributed by atoms with E-state index in [-0.39, 0.29) is 0 Å². The van der Waals surface area contributed by atoms with Gasteiger partial charge in [-0.15, -0.1) is 11.8 Å². The summed E-state index contributed by atoms with van der Waals surface area (Å²) in [5.74, 6) is 0. The van der Waals surface area contributed by atoms with Gasteiger partial charge in [-0.05, 0) is 36.9 Å². The Balaban J connectivity index is 3.15. The molecule has 2 heteroatoms. The van der Waals surface area contributed by atoms with Crippen LogP contribution in [0.3, 0.4) is 0 Å². The summed E-state index contributed by atoms with van der Waals surface area (Å²) in [5, 5.41) is 0. The quantitative estimate of drug-likeness (QED) is 0.701. The van der Waals surface area contributed by atoms with Gasteiger partial charge in [0, 0.05) is 9.37 Å². The van der Waals surface area contributed by atoms with Crippen molar-refractivity contribution in [1.82, 2.24) is 0 Å². The van der Waals surface area contributed by atoms with E-state index in [1.54, 1.807) is 11.8 Å². The lowest BCUT2D eigenvalue weighted by Crippen LogP contribution is -1.79. The molecule has 0 saturated heterocycles. The fourth-order valence-corrected chi connectivity index (χ4v) is 2.06. The van der Waals surface area contributed by atoms with Crippen LogP contribution in [0.2, 0.25) is 0 Å². The number of rotatable bonds is 2. The van der Waals surface area contributed by atoms with E-state index in [0.29, 0.717) is 0 Å². The van der Waals surface area contributed by atoms with Crippen molar-refractivity contribution in [2.24, 2.45) is 0 Å². The lowest BCUT2D eigenvalue weighted by Gasteiger charge is -2.03. The molecule has 0 radical (unpaired) electrons. The first-order chi connectivity index (χ1) is 5.63. The van der Waals surface area contributed by atoms with E-state index in [1.807, 2.05) is 6.92 Å². The van der Waals surface area contributed by atoms with Gasteiger partial charge in [0.1, 0.15) is 0 Å². The molecule has 1 rings (SSSR count). The zero-order valence-electron chi connectivity index (χ0n) is 7.23. The zero-order chi connectivity index (χ0) is 9.14. The highest BCUT2D eigenvalue weighted by molar-refractivity contribution is 9.10. The number of hydrogen-bond donors (Lipinski definition) is 0. The summed E-state index contributed by atoms with van der Waals surface area (Å²) in [7, 11) is 0. The molecule has 0 unspecified atom stereocenters. The molecular weight excluding hydrogens is 232 g/mol. The highest BCUT2D eigenvalue weighted by Crippen LogP contribution is 2.25. The fourth-order valence-electron chi connectivity index (χ4n) is 0.927. The maximum Gasteiger partial charge on any atom is 0.0192 e. The van der Waals surface area contributed by atoms with Crippen LogP contribution >= 0.6 is 27.7 Å². The van der Waals surface area contributed by atoms with E-state index in [4.69, 9.17) is 0 Å². The van der Waals surface area contributed by atoms with Crippen LogP contribution in [0.4, 0.5) is 0 Å². The van der Waals surface area contributed by atoms with Crippen molar-refractivity contribution in [2.45, 2.75) is 11.8 Å². The van der Waals surface area contributed by atoms with E-state index >= 15 is 0 Å². The van der Waals surface area contributed by atoms with Crippen LogP contribution in [0.25, 0.3) is 5.57 Å². The average Bonchev–Trinajstić information content (AvgIpc) is 2.03. The third kappa shape index (κ3) is 2.39. The molecule has 1 aromatic carbocycles. The van der Waals surface area contributed by atoms with Crippen molar-refractivity contribution in [2.75, 3.05) is 6.26 Å². The molecule has 0 bridgehead atoms. The van der Waals surface area contributed by atoms with Gasteiger partial charge in [0.25, 0.3) is 0 Å². The van der Waals surface area contributed by atoms with Crippen LogP contribution in [0.1, 0.15) is 12.5 Å². The number of thioether (sulfide) groups is 1. The second-order valence-electron chi connectivity index (χ2n) is 2.66. The van der Waals surface area contributed by atoms with Crippen molar-refractivity contribution >= 4 is 33.3 Å². The highest BCUT2D eigenvalue weighted by atomic mass is 79.9. The van der Waals surface area contributed by atoms with E-state index < -0.39 is 0 Å². The number of benzene rings is 1. The third-order valence-corrected chi connectivity index (χ3v) is 2.76. The Morgan fingerprint density at radius 3 is 2.58 bits per heavy atom. The molecule has 0 saturated carbocycles. The third-order valence-electron chi connectivity index (χ3n) is 1.60. The summed E-state index contributed by atoms with van der Waals surface area (Å²) in [6.45, 7) is 5.93. The topological polar surface area (TPSA) is 0 Å². The molecule has 12 heavy (non-hydrogen) atoms. The lowest BCUT2D eigenvalue weighted by molar-refractivity contribution is 1.40. The Bertz CT molecular complexity index is 305. The van der Waals surface area contributed by atoms with Crippen LogP contribution in [-0.2, 0) is 0 Å². The van der Waals surface area contributed by atoms with Gasteiger partial charge in [0.05, 0.1) is 0 Å². The fraction of sp³-hybridized carbons (Fsp3) is 0.200. The SMILES string of the molecule is C=C(C)c1cc(Br)cc(SC)c1. The van der Waals surface area contributed by atoms with Crippen molar-refractivity contribution in [3.05, 3.63) is 34.8 Å². The monoisotopic (exact) mass is 242 g/mol. The Hall–Kier alpha value is -0.210. The smallest absolute Gasteiger partial charge is 0.0192 e. The molecular formula is C10H11BrS. The van der Waals surface area contributed by atoms with Crippen molar-refractivity contribution < 1.29 is 0 Å². The van der Waals surface area contributed by atoms with Crippen molar-refractivity contribution in [3.8, 4) is 0 Å². The molecule has 1 aromatic rings. The largest absolute Gasteiger partial charge is 0.130 e. The van der Waals surface area contributed by atoms with Gasteiger partial charge in [-0.3, -0.25) is 0 Å². The maximum absolute atomic E-state index is 3.91. The number of allylic oxidation sites excluding steroid dienone is 1. The lowest BCUT2D eigenvalue weighted by atomic mass is 10.1. The van der Waals surface area contributed by atoms with Crippen LogP contribution in [-0.4, -0.2) is 6.26 Å². The second kappa shape index (κ2) is 4.15. The van der Waals surface area contributed by atoms with Gasteiger partial charge in [-0.2, -0.15) is 0 Å². The number of halogens is 1. The standard InChI is InChI=1S/C10H11BrS/c1-7(2)8-4-9(11)6-10(5-8)12-3/h4-6H,1H2,2-3H3. The summed E-state index contributed by atoms with van der Waals surface area (Å²) in [6, 6.07) is 6.34. The predicted octanol–water partition coefficient (Wildman–Crippen LogP) is 4.20. The predicted molar refractivity (Wildman–Crippen MR) is 60.6 cm³/mol. The van der Waals surface area contributed by atoms with Gasteiger partial charge in [-0.1, -0.05) is 28.1 Å². The molecule has 64 valence electrons. The zero-order valence-corrected chi connectivity index (χ0v) is 9.63. The van der Waals surface area contributed by atoms with Gasteiger partial charge in [0.2, 0.25) is 0 Å². The second-order valence-corrected chi connectivity index (χ2v) is 4.46. The summed E-state index contributed by atoms with van der Waals surface area (Å²) in [6.07, 6.45) is 2.07. The van der Waals surface area contributed by atoms with Gasteiger partial charge < -0.3 is 0 Å². The number of hydrogen-bond acceptors (Lipinski definition) is 1. The normalized spacial score (nSPS) is 9.92. The van der Waals surface area contributed by atoms with Crippen molar-refractivity contribution in [3.63, 3.8) is 0 Å².